The van der Waals surface area contributed by atoms with Crippen LogP contribution in [0.3, 0.4) is 0 Å². The summed E-state index contributed by atoms with van der Waals surface area (Å²) in [6.07, 6.45) is 3.36. The van der Waals surface area contributed by atoms with Gasteiger partial charge in [-0.2, -0.15) is 0 Å². The Hall–Kier alpha value is -2.16. The summed E-state index contributed by atoms with van der Waals surface area (Å²) in [4.78, 5) is 3.24. The first-order valence-corrected chi connectivity index (χ1v) is 8.64. The van der Waals surface area contributed by atoms with E-state index in [4.69, 9.17) is 0 Å². The number of aromatic nitrogens is 1. The molecule has 2 aromatic carbocycles. The molecule has 0 amide bonds. The molecule has 1 fully saturated rings. The molecule has 1 aromatic heterocycles. The third kappa shape index (κ3) is 2.43. The highest BCUT2D eigenvalue weighted by molar-refractivity contribution is 5.92. The van der Waals surface area contributed by atoms with Gasteiger partial charge in [0.05, 0.1) is 11.2 Å². The summed E-state index contributed by atoms with van der Waals surface area (Å²) in [5.41, 5.74) is 4.66. The van der Waals surface area contributed by atoms with Crippen LogP contribution in [0.25, 0.3) is 22.2 Å². The molecule has 0 saturated heterocycles. The van der Waals surface area contributed by atoms with Crippen LogP contribution in [-0.4, -0.2) is 4.98 Å². The Balaban J connectivity index is 1.91. The van der Waals surface area contributed by atoms with Gasteiger partial charge in [-0.15, -0.1) is 0 Å². The average molecular weight is 325 g/mol. The van der Waals surface area contributed by atoms with Crippen molar-refractivity contribution < 1.29 is 8.78 Å². The van der Waals surface area contributed by atoms with E-state index in [0.717, 1.165) is 41.6 Å². The van der Waals surface area contributed by atoms with Crippen LogP contribution in [0.4, 0.5) is 8.78 Å². The number of aryl methyl sites for hydroxylation is 1. The number of hydrogen-bond acceptors (Lipinski definition) is 0. The zero-order chi connectivity index (χ0) is 16.8. The number of rotatable bonds is 3. The van der Waals surface area contributed by atoms with E-state index in [9.17, 15) is 8.78 Å². The van der Waals surface area contributed by atoms with E-state index in [-0.39, 0.29) is 0 Å². The van der Waals surface area contributed by atoms with E-state index in [1.54, 1.807) is 0 Å². The molecule has 1 N–H and O–H groups in total. The number of nitrogens with one attached hydrogen (secondary N) is 1. The van der Waals surface area contributed by atoms with Crippen LogP contribution in [0.1, 0.15) is 43.2 Å². The van der Waals surface area contributed by atoms with Gasteiger partial charge in [-0.3, -0.25) is 0 Å². The maximum Gasteiger partial charge on any atom is 0.150 e. The first-order chi connectivity index (χ1) is 11.6. The largest absolute Gasteiger partial charge is 0.352 e. The predicted octanol–water partition coefficient (Wildman–Crippen LogP) is 6.33. The lowest BCUT2D eigenvalue weighted by Crippen LogP contribution is -2.21. The highest BCUT2D eigenvalue weighted by Crippen LogP contribution is 2.49. The SMILES string of the molecule is CCC1CC(c2c(-c3ccc(C)cc3)[nH]c3c(F)cc(F)cc23)C1. The first kappa shape index (κ1) is 15.4. The zero-order valence-corrected chi connectivity index (χ0v) is 14.0. The predicted molar refractivity (Wildman–Crippen MR) is 94.1 cm³/mol. The van der Waals surface area contributed by atoms with Crippen LogP contribution in [0, 0.1) is 24.5 Å². The molecule has 0 atom stereocenters. The van der Waals surface area contributed by atoms with Gasteiger partial charge in [-0.05, 0) is 48.8 Å². The highest BCUT2D eigenvalue weighted by atomic mass is 19.1. The Labute approximate surface area is 140 Å². The van der Waals surface area contributed by atoms with Crippen LogP contribution < -0.4 is 0 Å². The fraction of sp³-hybridized carbons (Fsp3) is 0.333. The Morgan fingerprint density at radius 3 is 2.46 bits per heavy atom. The molecule has 0 aliphatic heterocycles. The third-order valence-electron chi connectivity index (χ3n) is 5.43. The Kier molecular flexibility index (Phi) is 3.67. The van der Waals surface area contributed by atoms with E-state index in [2.05, 4.69) is 24.0 Å². The van der Waals surface area contributed by atoms with Crippen LogP contribution in [0.2, 0.25) is 0 Å². The van der Waals surface area contributed by atoms with Crippen LogP contribution in [0.15, 0.2) is 36.4 Å². The average Bonchev–Trinajstić information content (AvgIpc) is 2.87. The Bertz CT molecular complexity index is 886. The highest BCUT2D eigenvalue weighted by Gasteiger charge is 2.33. The summed E-state index contributed by atoms with van der Waals surface area (Å²) in [7, 11) is 0. The van der Waals surface area contributed by atoms with Crippen molar-refractivity contribution in [2.75, 3.05) is 0 Å². The van der Waals surface area contributed by atoms with E-state index in [1.807, 2.05) is 19.1 Å². The van der Waals surface area contributed by atoms with Gasteiger partial charge in [-0.1, -0.05) is 43.2 Å². The molecule has 124 valence electrons. The Morgan fingerprint density at radius 2 is 1.79 bits per heavy atom. The van der Waals surface area contributed by atoms with E-state index < -0.39 is 11.6 Å². The minimum Gasteiger partial charge on any atom is -0.352 e. The van der Waals surface area contributed by atoms with E-state index in [1.165, 1.54) is 18.1 Å². The summed E-state index contributed by atoms with van der Waals surface area (Å²) in [5, 5.41) is 0.697. The number of halogens is 2. The van der Waals surface area contributed by atoms with Crippen molar-refractivity contribution >= 4 is 10.9 Å². The Morgan fingerprint density at radius 1 is 1.08 bits per heavy atom. The monoisotopic (exact) mass is 325 g/mol. The van der Waals surface area contributed by atoms with Crippen LogP contribution in [-0.2, 0) is 0 Å². The van der Waals surface area contributed by atoms with Crippen molar-refractivity contribution in [3.63, 3.8) is 0 Å². The van der Waals surface area contributed by atoms with Crippen molar-refractivity contribution in [1.29, 1.82) is 0 Å². The smallest absolute Gasteiger partial charge is 0.150 e. The molecule has 0 spiro atoms. The molecule has 1 aliphatic carbocycles. The molecule has 1 heterocycles. The molecule has 0 radical (unpaired) electrons. The zero-order valence-electron chi connectivity index (χ0n) is 14.0. The minimum absolute atomic E-state index is 0.376. The maximum absolute atomic E-state index is 14.3. The fourth-order valence-electron chi connectivity index (χ4n) is 3.92. The second-order valence-electron chi connectivity index (χ2n) is 7.03. The van der Waals surface area contributed by atoms with Crippen molar-refractivity contribution in [3.8, 4) is 11.3 Å². The van der Waals surface area contributed by atoms with E-state index >= 15 is 0 Å². The lowest BCUT2D eigenvalue weighted by atomic mass is 9.69. The number of aromatic amines is 1. The van der Waals surface area contributed by atoms with E-state index in [0.29, 0.717) is 16.8 Å². The van der Waals surface area contributed by atoms with Crippen molar-refractivity contribution in [2.45, 2.75) is 39.0 Å². The lowest BCUT2D eigenvalue weighted by Gasteiger charge is -2.35. The molecule has 4 rings (SSSR count). The molecule has 1 saturated carbocycles. The van der Waals surface area contributed by atoms with Crippen LogP contribution in [0.5, 0.6) is 0 Å². The summed E-state index contributed by atoms with van der Waals surface area (Å²) in [6, 6.07) is 10.6. The van der Waals surface area contributed by atoms with Gasteiger partial charge >= 0.3 is 0 Å². The second-order valence-corrected chi connectivity index (χ2v) is 7.03. The van der Waals surface area contributed by atoms with Gasteiger partial charge in [0.1, 0.15) is 11.6 Å². The molecule has 3 aromatic rings. The molecular formula is C21H21F2N. The van der Waals surface area contributed by atoms with Gasteiger partial charge in [0.25, 0.3) is 0 Å². The molecule has 0 unspecified atom stereocenters. The van der Waals surface area contributed by atoms with Crippen molar-refractivity contribution in [2.24, 2.45) is 5.92 Å². The summed E-state index contributed by atoms with van der Waals surface area (Å²) < 4.78 is 28.1. The molecular weight excluding hydrogens is 304 g/mol. The molecule has 24 heavy (non-hydrogen) atoms. The van der Waals surface area contributed by atoms with Gasteiger partial charge in [0, 0.05) is 11.5 Å². The lowest BCUT2D eigenvalue weighted by molar-refractivity contribution is 0.258. The van der Waals surface area contributed by atoms with Gasteiger partial charge < -0.3 is 4.98 Å². The number of benzene rings is 2. The van der Waals surface area contributed by atoms with Gasteiger partial charge in [-0.25, -0.2) is 8.78 Å². The maximum atomic E-state index is 14.3. The van der Waals surface area contributed by atoms with Gasteiger partial charge in [0.2, 0.25) is 0 Å². The van der Waals surface area contributed by atoms with Gasteiger partial charge in [0.15, 0.2) is 0 Å². The molecule has 0 bridgehead atoms. The molecule has 1 nitrogen and oxygen atoms in total. The van der Waals surface area contributed by atoms with Crippen molar-refractivity contribution in [1.82, 2.24) is 4.98 Å². The first-order valence-electron chi connectivity index (χ1n) is 8.64. The number of hydrogen-bond donors (Lipinski definition) is 1. The summed E-state index contributed by atoms with van der Waals surface area (Å²) in [6.45, 7) is 4.25. The quantitative estimate of drug-likeness (QED) is 0.579. The molecule has 1 aliphatic rings. The third-order valence-corrected chi connectivity index (χ3v) is 5.43. The number of fused-ring (bicyclic) bond motifs is 1. The summed E-state index contributed by atoms with van der Waals surface area (Å²) >= 11 is 0. The van der Waals surface area contributed by atoms with Crippen LogP contribution >= 0.6 is 0 Å². The number of H-pyrrole nitrogens is 1. The minimum atomic E-state index is -0.518. The standard InChI is InChI=1S/C21H21F2N/c1-3-13-8-15(9-13)19-17-10-16(22)11-18(23)21(17)24-20(19)14-6-4-12(2)5-7-14/h4-7,10-11,13,15,24H,3,8-9H2,1-2H3. The topological polar surface area (TPSA) is 15.8 Å². The fourth-order valence-corrected chi connectivity index (χ4v) is 3.92. The van der Waals surface area contributed by atoms with Crippen molar-refractivity contribution in [3.05, 3.63) is 59.2 Å². The molecule has 3 heteroatoms. The normalized spacial score (nSPS) is 20.3. The second kappa shape index (κ2) is 5.73. The summed E-state index contributed by atoms with van der Waals surface area (Å²) in [5.74, 6) is 0.0727.